The van der Waals surface area contributed by atoms with Crippen LogP contribution in [0.2, 0.25) is 0 Å². The molecule has 5 nitrogen and oxygen atoms in total. The van der Waals surface area contributed by atoms with Gasteiger partial charge in [0.1, 0.15) is 0 Å². The van der Waals surface area contributed by atoms with E-state index in [-0.39, 0.29) is 11.6 Å². The Bertz CT molecular complexity index is 789. The van der Waals surface area contributed by atoms with E-state index < -0.39 is 0 Å². The maximum atomic E-state index is 12.6. The summed E-state index contributed by atoms with van der Waals surface area (Å²) in [4.78, 5) is 14.3. The van der Waals surface area contributed by atoms with Gasteiger partial charge in [-0.3, -0.25) is 4.79 Å². The van der Waals surface area contributed by atoms with Crippen molar-refractivity contribution in [1.82, 2.24) is 5.16 Å². The van der Waals surface area contributed by atoms with Crippen LogP contribution in [0.4, 0.5) is 5.69 Å². The van der Waals surface area contributed by atoms with Crippen molar-refractivity contribution in [3.05, 3.63) is 60.0 Å². The molecular weight excluding hydrogens is 268 g/mol. The molecule has 0 unspecified atom stereocenters. The van der Waals surface area contributed by atoms with Gasteiger partial charge < -0.3 is 13.8 Å². The molecule has 1 aliphatic rings. The number of furan rings is 1. The number of carbonyl (C=O) groups excluding carboxylic acids is 1. The average molecular weight is 280 g/mol. The largest absolute Gasteiger partial charge is 0.461 e. The Hall–Kier alpha value is -2.82. The summed E-state index contributed by atoms with van der Waals surface area (Å²) in [6.45, 7) is 0.668. The van der Waals surface area contributed by atoms with E-state index in [9.17, 15) is 4.79 Å². The molecule has 3 heterocycles. The first-order valence-electron chi connectivity index (χ1n) is 6.73. The first-order valence-corrected chi connectivity index (χ1v) is 6.73. The molecule has 0 saturated carbocycles. The average Bonchev–Trinajstić information content (AvgIpc) is 3.25. The van der Waals surface area contributed by atoms with Crippen LogP contribution in [0.25, 0.3) is 11.5 Å². The quantitative estimate of drug-likeness (QED) is 0.723. The number of para-hydroxylation sites is 1. The fraction of sp³-hybridized carbons (Fsp3) is 0.125. The minimum atomic E-state index is -0.151. The maximum absolute atomic E-state index is 12.6. The Labute approximate surface area is 120 Å². The number of hydrogen-bond acceptors (Lipinski definition) is 4. The van der Waals surface area contributed by atoms with E-state index in [1.807, 2.05) is 24.3 Å². The van der Waals surface area contributed by atoms with Gasteiger partial charge in [-0.05, 0) is 30.2 Å². The molecule has 1 aromatic carbocycles. The Kier molecular flexibility index (Phi) is 2.64. The Morgan fingerprint density at radius 1 is 1.14 bits per heavy atom. The molecule has 1 aliphatic heterocycles. The molecule has 5 heteroatoms. The lowest BCUT2D eigenvalue weighted by Crippen LogP contribution is -2.29. The van der Waals surface area contributed by atoms with Crippen molar-refractivity contribution in [3.8, 4) is 11.5 Å². The molecule has 0 aliphatic carbocycles. The summed E-state index contributed by atoms with van der Waals surface area (Å²) >= 11 is 0. The number of rotatable bonds is 2. The van der Waals surface area contributed by atoms with Crippen LogP contribution in [-0.2, 0) is 6.42 Å². The lowest BCUT2D eigenvalue weighted by atomic mass is 10.2. The summed E-state index contributed by atoms with van der Waals surface area (Å²) in [6, 6.07) is 13.0. The molecule has 0 bridgehead atoms. The molecule has 0 radical (unpaired) electrons. The number of hydrogen-bond donors (Lipinski definition) is 0. The van der Waals surface area contributed by atoms with Crippen molar-refractivity contribution in [2.75, 3.05) is 11.4 Å². The highest BCUT2D eigenvalue weighted by Crippen LogP contribution is 2.29. The van der Waals surface area contributed by atoms with Gasteiger partial charge >= 0.3 is 0 Å². The summed E-state index contributed by atoms with van der Waals surface area (Å²) in [5.41, 5.74) is 2.42. The fourth-order valence-corrected chi connectivity index (χ4v) is 2.60. The standard InChI is InChI=1S/C16H12N2O3/c19-16(18-8-7-11-4-1-2-5-13(11)18)12-10-15(21-17-12)14-6-3-9-20-14/h1-6,9-10H,7-8H2. The summed E-state index contributed by atoms with van der Waals surface area (Å²) in [5, 5.41) is 3.86. The summed E-state index contributed by atoms with van der Waals surface area (Å²) in [5.74, 6) is 0.862. The van der Waals surface area contributed by atoms with Gasteiger partial charge in [-0.15, -0.1) is 0 Å². The van der Waals surface area contributed by atoms with Crippen LogP contribution in [0.1, 0.15) is 16.1 Å². The third kappa shape index (κ3) is 1.94. The molecular formula is C16H12N2O3. The monoisotopic (exact) mass is 280 g/mol. The number of fused-ring (bicyclic) bond motifs is 1. The van der Waals surface area contributed by atoms with Crippen LogP contribution in [0.3, 0.4) is 0 Å². The van der Waals surface area contributed by atoms with Crippen LogP contribution < -0.4 is 4.90 Å². The van der Waals surface area contributed by atoms with Gasteiger partial charge in [0.25, 0.3) is 5.91 Å². The predicted molar refractivity (Wildman–Crippen MR) is 76.0 cm³/mol. The minimum absolute atomic E-state index is 0.151. The Morgan fingerprint density at radius 2 is 2.05 bits per heavy atom. The number of benzene rings is 1. The number of amides is 1. The molecule has 0 fully saturated rings. The molecule has 0 atom stereocenters. The van der Waals surface area contributed by atoms with E-state index >= 15 is 0 Å². The zero-order valence-electron chi connectivity index (χ0n) is 11.2. The normalized spacial score (nSPS) is 13.4. The van der Waals surface area contributed by atoms with Crippen molar-refractivity contribution < 1.29 is 13.7 Å². The van der Waals surface area contributed by atoms with E-state index in [0.29, 0.717) is 18.1 Å². The molecule has 0 N–H and O–H groups in total. The first kappa shape index (κ1) is 12.0. The van der Waals surface area contributed by atoms with E-state index in [2.05, 4.69) is 5.16 Å². The molecule has 21 heavy (non-hydrogen) atoms. The molecule has 4 rings (SSSR count). The molecule has 104 valence electrons. The highest BCUT2D eigenvalue weighted by Gasteiger charge is 2.27. The van der Waals surface area contributed by atoms with Gasteiger partial charge in [-0.2, -0.15) is 0 Å². The van der Waals surface area contributed by atoms with Crippen LogP contribution >= 0.6 is 0 Å². The topological polar surface area (TPSA) is 59.5 Å². The third-order valence-corrected chi connectivity index (χ3v) is 3.63. The van der Waals surface area contributed by atoms with E-state index in [1.54, 1.807) is 29.4 Å². The van der Waals surface area contributed by atoms with Crippen molar-refractivity contribution in [2.24, 2.45) is 0 Å². The zero-order valence-corrected chi connectivity index (χ0v) is 11.2. The van der Waals surface area contributed by atoms with Gasteiger partial charge in [0.05, 0.1) is 6.26 Å². The van der Waals surface area contributed by atoms with Gasteiger partial charge in [-0.25, -0.2) is 0 Å². The lowest BCUT2D eigenvalue weighted by Gasteiger charge is -2.15. The number of nitrogens with zero attached hydrogens (tertiary/aromatic N) is 2. The molecule has 1 amide bonds. The number of carbonyl (C=O) groups is 1. The van der Waals surface area contributed by atoms with Gasteiger partial charge in [-0.1, -0.05) is 23.4 Å². The first-order chi connectivity index (χ1) is 10.3. The summed E-state index contributed by atoms with van der Waals surface area (Å²) < 4.78 is 10.4. The highest BCUT2D eigenvalue weighted by molar-refractivity contribution is 6.06. The van der Waals surface area contributed by atoms with E-state index in [4.69, 9.17) is 8.94 Å². The van der Waals surface area contributed by atoms with E-state index in [0.717, 1.165) is 12.1 Å². The Balaban J connectivity index is 1.65. The van der Waals surface area contributed by atoms with E-state index in [1.165, 1.54) is 5.56 Å². The molecule has 3 aromatic rings. The van der Waals surface area contributed by atoms with Crippen molar-refractivity contribution in [1.29, 1.82) is 0 Å². The fourth-order valence-electron chi connectivity index (χ4n) is 2.60. The van der Waals surface area contributed by atoms with Crippen molar-refractivity contribution in [2.45, 2.75) is 6.42 Å². The van der Waals surface area contributed by atoms with Crippen molar-refractivity contribution >= 4 is 11.6 Å². The van der Waals surface area contributed by atoms with Gasteiger partial charge in [0, 0.05) is 18.3 Å². The van der Waals surface area contributed by atoms with Crippen molar-refractivity contribution in [3.63, 3.8) is 0 Å². The molecule has 0 saturated heterocycles. The molecule has 2 aromatic heterocycles. The Morgan fingerprint density at radius 3 is 2.90 bits per heavy atom. The zero-order chi connectivity index (χ0) is 14.2. The smallest absolute Gasteiger partial charge is 0.280 e. The SMILES string of the molecule is O=C(c1cc(-c2ccco2)on1)N1CCc2ccccc21. The second kappa shape index (κ2) is 4.63. The van der Waals surface area contributed by atoms with Crippen LogP contribution in [-0.4, -0.2) is 17.6 Å². The predicted octanol–water partition coefficient (Wildman–Crippen LogP) is 3.14. The highest BCUT2D eigenvalue weighted by atomic mass is 16.5. The molecule has 0 spiro atoms. The lowest BCUT2D eigenvalue weighted by molar-refractivity contribution is 0.0980. The van der Waals surface area contributed by atoms with Gasteiger partial charge in [0.15, 0.2) is 11.5 Å². The summed E-state index contributed by atoms with van der Waals surface area (Å²) in [6.07, 6.45) is 2.42. The number of aromatic nitrogens is 1. The van der Waals surface area contributed by atoms with Gasteiger partial charge in [0.2, 0.25) is 5.76 Å². The minimum Gasteiger partial charge on any atom is -0.461 e. The van der Waals surface area contributed by atoms with Crippen LogP contribution in [0.5, 0.6) is 0 Å². The third-order valence-electron chi connectivity index (χ3n) is 3.63. The number of anilines is 1. The summed E-state index contributed by atoms with van der Waals surface area (Å²) in [7, 11) is 0. The van der Waals surface area contributed by atoms with Crippen LogP contribution in [0, 0.1) is 0 Å². The second-order valence-corrected chi connectivity index (χ2v) is 4.89. The maximum Gasteiger partial charge on any atom is 0.280 e. The van der Waals surface area contributed by atoms with Crippen LogP contribution in [0.15, 0.2) is 57.7 Å². The second-order valence-electron chi connectivity index (χ2n) is 4.89.